The van der Waals surface area contributed by atoms with Crippen LogP contribution in [0, 0.1) is 0 Å². The Morgan fingerprint density at radius 3 is 2.79 bits per heavy atom. The van der Waals surface area contributed by atoms with Crippen LogP contribution in [0.2, 0.25) is 0 Å². The normalized spacial score (nSPS) is 20.4. The largest absolute Gasteiger partial charge is 0.497 e. The maximum absolute atomic E-state index is 9.64. The van der Waals surface area contributed by atoms with Gasteiger partial charge in [-0.2, -0.15) is 9.67 Å². The maximum Gasteiger partial charge on any atom is 0.225 e. The van der Waals surface area contributed by atoms with Crippen molar-refractivity contribution in [2.24, 2.45) is 0 Å². The number of hydrogen-bond donors (Lipinski definition) is 2. The van der Waals surface area contributed by atoms with Crippen molar-refractivity contribution in [3.8, 4) is 11.4 Å². The van der Waals surface area contributed by atoms with E-state index in [0.717, 1.165) is 30.7 Å². The van der Waals surface area contributed by atoms with Gasteiger partial charge in [0.2, 0.25) is 5.95 Å². The van der Waals surface area contributed by atoms with Gasteiger partial charge in [-0.15, -0.1) is 5.10 Å². The van der Waals surface area contributed by atoms with Gasteiger partial charge in [-0.1, -0.05) is 5.21 Å². The number of aromatic nitrogens is 5. The summed E-state index contributed by atoms with van der Waals surface area (Å²) in [4.78, 5) is 8.84. The molecule has 1 fully saturated rings. The summed E-state index contributed by atoms with van der Waals surface area (Å²) in [6.45, 7) is 0. The molecular formula is C16H18N6O2. The van der Waals surface area contributed by atoms with Crippen LogP contribution in [0.1, 0.15) is 19.3 Å². The zero-order valence-corrected chi connectivity index (χ0v) is 13.3. The van der Waals surface area contributed by atoms with Crippen LogP contribution in [0.3, 0.4) is 0 Å². The van der Waals surface area contributed by atoms with E-state index < -0.39 is 0 Å². The molecule has 2 atom stereocenters. The van der Waals surface area contributed by atoms with E-state index in [4.69, 9.17) is 4.74 Å². The SMILES string of the molecule is COc1ccc(-n2nnc3cnc(N[C@H]4CC[C@@H](O)C4)nc32)cc1. The molecule has 0 amide bonds. The van der Waals surface area contributed by atoms with E-state index in [0.29, 0.717) is 17.1 Å². The zero-order valence-electron chi connectivity index (χ0n) is 13.3. The second-order valence-corrected chi connectivity index (χ2v) is 5.91. The number of aliphatic hydroxyl groups is 1. The topological polar surface area (TPSA) is 98.0 Å². The minimum Gasteiger partial charge on any atom is -0.497 e. The average Bonchev–Trinajstić information content (AvgIpc) is 3.21. The van der Waals surface area contributed by atoms with E-state index in [1.54, 1.807) is 18.0 Å². The van der Waals surface area contributed by atoms with E-state index in [1.807, 2.05) is 24.3 Å². The van der Waals surface area contributed by atoms with Gasteiger partial charge < -0.3 is 15.2 Å². The van der Waals surface area contributed by atoms with Gasteiger partial charge in [-0.05, 0) is 43.5 Å². The van der Waals surface area contributed by atoms with E-state index in [-0.39, 0.29) is 12.1 Å². The van der Waals surface area contributed by atoms with E-state index in [1.165, 1.54) is 0 Å². The second-order valence-electron chi connectivity index (χ2n) is 5.91. The second kappa shape index (κ2) is 6.04. The molecule has 1 aromatic carbocycles. The predicted molar refractivity (Wildman–Crippen MR) is 88.3 cm³/mol. The lowest BCUT2D eigenvalue weighted by atomic mass is 10.2. The first kappa shape index (κ1) is 14.8. The zero-order chi connectivity index (χ0) is 16.5. The molecule has 0 radical (unpaired) electrons. The molecule has 2 N–H and O–H groups in total. The van der Waals surface area contributed by atoms with Gasteiger partial charge in [-0.3, -0.25) is 0 Å². The summed E-state index contributed by atoms with van der Waals surface area (Å²) in [6, 6.07) is 7.72. The lowest BCUT2D eigenvalue weighted by molar-refractivity contribution is 0.182. The fourth-order valence-electron chi connectivity index (χ4n) is 2.97. The molecule has 1 saturated carbocycles. The number of nitrogens with one attached hydrogen (secondary N) is 1. The van der Waals surface area contributed by atoms with E-state index in [9.17, 15) is 5.11 Å². The molecule has 2 heterocycles. The van der Waals surface area contributed by atoms with Crippen molar-refractivity contribution in [3.05, 3.63) is 30.5 Å². The van der Waals surface area contributed by atoms with E-state index >= 15 is 0 Å². The summed E-state index contributed by atoms with van der Waals surface area (Å²) in [5.41, 5.74) is 2.11. The minimum atomic E-state index is -0.238. The van der Waals surface area contributed by atoms with Gasteiger partial charge in [-0.25, -0.2) is 4.98 Å². The Bertz CT molecular complexity index is 847. The van der Waals surface area contributed by atoms with Gasteiger partial charge >= 0.3 is 0 Å². The summed E-state index contributed by atoms with van der Waals surface area (Å²) in [6.07, 6.45) is 3.86. The average molecular weight is 326 g/mol. The highest BCUT2D eigenvalue weighted by atomic mass is 16.5. The van der Waals surface area contributed by atoms with Crippen molar-refractivity contribution in [1.29, 1.82) is 0 Å². The van der Waals surface area contributed by atoms with Gasteiger partial charge in [0, 0.05) is 6.04 Å². The number of anilines is 1. The third-order valence-corrected chi connectivity index (χ3v) is 4.25. The molecule has 0 saturated heterocycles. The Kier molecular flexibility index (Phi) is 3.73. The van der Waals surface area contributed by atoms with Crippen LogP contribution in [0.25, 0.3) is 16.9 Å². The number of methoxy groups -OCH3 is 1. The molecular weight excluding hydrogens is 308 g/mol. The highest BCUT2D eigenvalue weighted by Crippen LogP contribution is 2.23. The first-order chi connectivity index (χ1) is 11.7. The maximum atomic E-state index is 9.64. The summed E-state index contributed by atoms with van der Waals surface area (Å²) < 4.78 is 6.85. The van der Waals surface area contributed by atoms with Crippen molar-refractivity contribution in [2.75, 3.05) is 12.4 Å². The minimum absolute atomic E-state index is 0.197. The van der Waals surface area contributed by atoms with Crippen molar-refractivity contribution >= 4 is 17.1 Å². The highest BCUT2D eigenvalue weighted by molar-refractivity contribution is 5.72. The monoisotopic (exact) mass is 326 g/mol. The van der Waals surface area contributed by atoms with Crippen molar-refractivity contribution in [2.45, 2.75) is 31.4 Å². The van der Waals surface area contributed by atoms with Crippen molar-refractivity contribution in [1.82, 2.24) is 25.0 Å². The molecule has 124 valence electrons. The molecule has 3 aromatic rings. The number of nitrogens with zero attached hydrogens (tertiary/aromatic N) is 5. The van der Waals surface area contributed by atoms with Crippen LogP contribution in [0.15, 0.2) is 30.5 Å². The highest BCUT2D eigenvalue weighted by Gasteiger charge is 2.23. The molecule has 0 bridgehead atoms. The fourth-order valence-corrected chi connectivity index (χ4v) is 2.97. The lowest BCUT2D eigenvalue weighted by Gasteiger charge is -2.11. The molecule has 0 spiro atoms. The van der Waals surface area contributed by atoms with Crippen molar-refractivity contribution in [3.63, 3.8) is 0 Å². The summed E-state index contributed by atoms with van der Waals surface area (Å²) in [5.74, 6) is 1.30. The first-order valence-corrected chi connectivity index (χ1v) is 7.90. The Morgan fingerprint density at radius 2 is 2.08 bits per heavy atom. The van der Waals surface area contributed by atoms with Gasteiger partial charge in [0.1, 0.15) is 5.75 Å². The predicted octanol–water partition coefficient (Wildman–Crippen LogP) is 1.54. The number of hydrogen-bond acceptors (Lipinski definition) is 7. The molecule has 1 aliphatic carbocycles. The number of aliphatic hydroxyl groups excluding tert-OH is 1. The number of fused-ring (bicyclic) bond motifs is 1. The standard InChI is InChI=1S/C16H18N6O2/c1-24-13-6-3-11(4-7-13)22-15-14(20-21-22)9-17-16(19-15)18-10-2-5-12(23)8-10/h3-4,6-7,9-10,12,23H,2,5,8H2,1H3,(H,17,18,19)/t10-,12+/m0/s1. The van der Waals surface area contributed by atoms with Crippen LogP contribution in [-0.4, -0.2) is 49.3 Å². The van der Waals surface area contributed by atoms with Crippen LogP contribution in [0.5, 0.6) is 5.75 Å². The van der Waals surface area contributed by atoms with E-state index in [2.05, 4.69) is 25.6 Å². The molecule has 0 unspecified atom stereocenters. The number of benzene rings is 1. The van der Waals surface area contributed by atoms with Gasteiger partial charge in [0.25, 0.3) is 0 Å². The number of ether oxygens (including phenoxy) is 1. The Balaban J connectivity index is 1.65. The molecule has 24 heavy (non-hydrogen) atoms. The van der Waals surface area contributed by atoms with Crippen LogP contribution in [-0.2, 0) is 0 Å². The lowest BCUT2D eigenvalue weighted by Crippen LogP contribution is -2.18. The van der Waals surface area contributed by atoms with Crippen molar-refractivity contribution < 1.29 is 9.84 Å². The first-order valence-electron chi connectivity index (χ1n) is 7.90. The third-order valence-electron chi connectivity index (χ3n) is 4.25. The summed E-state index contributed by atoms with van der Waals surface area (Å²) >= 11 is 0. The quantitative estimate of drug-likeness (QED) is 0.750. The van der Waals surface area contributed by atoms with Crippen LogP contribution in [0.4, 0.5) is 5.95 Å². The molecule has 8 heteroatoms. The Morgan fingerprint density at radius 1 is 1.25 bits per heavy atom. The summed E-state index contributed by atoms with van der Waals surface area (Å²) in [7, 11) is 1.63. The Labute approximate surface area is 138 Å². The number of rotatable bonds is 4. The van der Waals surface area contributed by atoms with Gasteiger partial charge in [0.05, 0.1) is 25.1 Å². The smallest absolute Gasteiger partial charge is 0.225 e. The third kappa shape index (κ3) is 2.76. The molecule has 2 aromatic heterocycles. The van der Waals surface area contributed by atoms with Gasteiger partial charge in [0.15, 0.2) is 11.2 Å². The molecule has 1 aliphatic rings. The summed E-state index contributed by atoms with van der Waals surface area (Å²) in [5, 5.41) is 21.2. The Hall–Kier alpha value is -2.74. The fraction of sp³-hybridized carbons (Fsp3) is 0.375. The molecule has 0 aliphatic heterocycles. The van der Waals surface area contributed by atoms with Crippen LogP contribution < -0.4 is 10.1 Å². The molecule has 8 nitrogen and oxygen atoms in total. The van der Waals surface area contributed by atoms with Crippen LogP contribution >= 0.6 is 0 Å². The molecule has 4 rings (SSSR count).